The topological polar surface area (TPSA) is 96.0 Å². The van der Waals surface area contributed by atoms with E-state index in [1.165, 1.54) is 17.0 Å². The van der Waals surface area contributed by atoms with Crippen molar-refractivity contribution in [1.29, 1.82) is 0 Å². The Morgan fingerprint density at radius 3 is 2.22 bits per heavy atom. The first kappa shape index (κ1) is 31.7. The molecule has 0 aliphatic carbocycles. The minimum absolute atomic E-state index is 0.0793. The Morgan fingerprint density at radius 1 is 0.927 bits per heavy atom. The van der Waals surface area contributed by atoms with Gasteiger partial charge < -0.3 is 15.0 Å². The molecule has 0 fully saturated rings. The molecule has 9 heteroatoms. The van der Waals surface area contributed by atoms with Gasteiger partial charge in [0, 0.05) is 13.1 Å². The second kappa shape index (κ2) is 14.7. The summed E-state index contributed by atoms with van der Waals surface area (Å²) >= 11 is 0. The number of anilines is 1. The molecule has 0 spiro atoms. The molecule has 220 valence electrons. The number of nitrogens with zero attached hydrogens (tertiary/aromatic N) is 2. The zero-order valence-electron chi connectivity index (χ0n) is 24.6. The largest absolute Gasteiger partial charge is 0.497 e. The number of carbonyl (C=O) groups is 2. The smallest absolute Gasteiger partial charge is 0.264 e. The van der Waals surface area contributed by atoms with Gasteiger partial charge in [0.1, 0.15) is 18.3 Å². The SMILES string of the molecule is CCCCNC(=O)[C@H](CC)N(Cc1cccc(OC)c1)C(=O)CN(c1cc(C)cc(C)c1)S(=O)(=O)c1ccccc1. The molecule has 0 aromatic heterocycles. The van der Waals surface area contributed by atoms with Gasteiger partial charge in [-0.3, -0.25) is 13.9 Å². The van der Waals surface area contributed by atoms with E-state index in [0.717, 1.165) is 33.8 Å². The van der Waals surface area contributed by atoms with Crippen molar-refractivity contribution in [1.82, 2.24) is 10.2 Å². The number of benzene rings is 3. The fraction of sp³-hybridized carbons (Fsp3) is 0.375. The zero-order chi connectivity index (χ0) is 30.0. The summed E-state index contributed by atoms with van der Waals surface area (Å²) in [6.45, 7) is 7.80. The maximum atomic E-state index is 14.2. The van der Waals surface area contributed by atoms with E-state index < -0.39 is 28.5 Å². The van der Waals surface area contributed by atoms with Gasteiger partial charge in [-0.1, -0.05) is 56.7 Å². The van der Waals surface area contributed by atoms with Crippen LogP contribution in [0, 0.1) is 13.8 Å². The van der Waals surface area contributed by atoms with E-state index in [4.69, 9.17) is 4.74 Å². The Bertz CT molecular complexity index is 1410. The number of unbranched alkanes of at least 4 members (excludes halogenated alkanes) is 1. The normalized spacial score (nSPS) is 11.9. The van der Waals surface area contributed by atoms with Crippen LogP contribution in [0.4, 0.5) is 5.69 Å². The molecular weight excluding hydrogens is 538 g/mol. The maximum absolute atomic E-state index is 14.2. The molecule has 0 aliphatic rings. The Hall–Kier alpha value is -3.85. The molecule has 1 atom stereocenters. The lowest BCUT2D eigenvalue weighted by atomic mass is 10.1. The van der Waals surface area contributed by atoms with Crippen molar-refractivity contribution in [2.24, 2.45) is 0 Å². The Morgan fingerprint density at radius 2 is 1.61 bits per heavy atom. The summed E-state index contributed by atoms with van der Waals surface area (Å²) in [7, 11) is -2.54. The van der Waals surface area contributed by atoms with Crippen molar-refractivity contribution in [3.63, 3.8) is 0 Å². The first-order valence-corrected chi connectivity index (χ1v) is 15.4. The van der Waals surface area contributed by atoms with Crippen LogP contribution >= 0.6 is 0 Å². The van der Waals surface area contributed by atoms with Gasteiger partial charge in [-0.2, -0.15) is 0 Å². The third kappa shape index (κ3) is 8.33. The average Bonchev–Trinajstić information content (AvgIpc) is 2.95. The number of hydrogen-bond donors (Lipinski definition) is 1. The van der Waals surface area contributed by atoms with Crippen molar-refractivity contribution in [2.45, 2.75) is 64.4 Å². The van der Waals surface area contributed by atoms with Crippen molar-refractivity contribution < 1.29 is 22.7 Å². The molecule has 3 aromatic carbocycles. The molecule has 3 rings (SSSR count). The van der Waals surface area contributed by atoms with Gasteiger partial charge in [0.25, 0.3) is 10.0 Å². The fourth-order valence-corrected chi connectivity index (χ4v) is 6.16. The van der Waals surface area contributed by atoms with Crippen LogP contribution in [-0.2, 0) is 26.2 Å². The van der Waals surface area contributed by atoms with Crippen LogP contribution in [0.5, 0.6) is 5.75 Å². The molecule has 0 bridgehead atoms. The second-order valence-electron chi connectivity index (χ2n) is 10.1. The number of hydrogen-bond acceptors (Lipinski definition) is 5. The molecule has 0 radical (unpaired) electrons. The molecule has 1 N–H and O–H groups in total. The summed E-state index contributed by atoms with van der Waals surface area (Å²) in [6.07, 6.45) is 2.11. The molecule has 0 heterocycles. The molecule has 41 heavy (non-hydrogen) atoms. The molecule has 0 aliphatic heterocycles. The van der Waals surface area contributed by atoms with Crippen molar-refractivity contribution in [3.8, 4) is 5.75 Å². The predicted octanol–water partition coefficient (Wildman–Crippen LogP) is 5.23. The lowest BCUT2D eigenvalue weighted by Gasteiger charge is -2.33. The lowest BCUT2D eigenvalue weighted by Crippen LogP contribution is -2.52. The molecular formula is C32H41N3O5S. The monoisotopic (exact) mass is 579 g/mol. The number of ether oxygens (including phenoxy) is 1. The fourth-order valence-electron chi connectivity index (χ4n) is 4.74. The third-order valence-electron chi connectivity index (χ3n) is 6.81. The highest BCUT2D eigenvalue weighted by Gasteiger charge is 2.33. The maximum Gasteiger partial charge on any atom is 0.264 e. The van der Waals surface area contributed by atoms with E-state index in [2.05, 4.69) is 5.32 Å². The standard InChI is InChI=1S/C32H41N3O5S/c1-6-8-17-33-32(37)30(7-2)34(22-26-13-12-14-28(21-26)40-5)31(36)23-35(27-19-24(3)18-25(4)20-27)41(38,39)29-15-10-9-11-16-29/h9-16,18-21,30H,6-8,17,22-23H2,1-5H3,(H,33,37)/t30-/m0/s1. The number of amides is 2. The Kier molecular flexibility index (Phi) is 11.3. The number of rotatable bonds is 14. The summed E-state index contributed by atoms with van der Waals surface area (Å²) in [4.78, 5) is 29.0. The number of aryl methyl sites for hydroxylation is 2. The molecule has 2 amide bonds. The average molecular weight is 580 g/mol. The van der Waals surface area contributed by atoms with Gasteiger partial charge in [0.15, 0.2) is 0 Å². The second-order valence-corrected chi connectivity index (χ2v) is 12.0. The minimum Gasteiger partial charge on any atom is -0.497 e. The van der Waals surface area contributed by atoms with Crippen LogP contribution in [0.2, 0.25) is 0 Å². The van der Waals surface area contributed by atoms with Crippen LogP contribution in [0.15, 0.2) is 77.7 Å². The molecule has 0 saturated carbocycles. The quantitative estimate of drug-likeness (QED) is 0.264. The predicted molar refractivity (Wildman–Crippen MR) is 162 cm³/mol. The third-order valence-corrected chi connectivity index (χ3v) is 8.60. The highest BCUT2D eigenvalue weighted by Crippen LogP contribution is 2.27. The van der Waals surface area contributed by atoms with Crippen molar-refractivity contribution in [2.75, 3.05) is 24.5 Å². The van der Waals surface area contributed by atoms with Crippen molar-refractivity contribution in [3.05, 3.63) is 89.5 Å². The van der Waals surface area contributed by atoms with Crippen LogP contribution in [0.1, 0.15) is 49.8 Å². The molecule has 0 saturated heterocycles. The lowest BCUT2D eigenvalue weighted by molar-refractivity contribution is -0.140. The van der Waals surface area contributed by atoms with E-state index in [9.17, 15) is 18.0 Å². The van der Waals surface area contributed by atoms with E-state index in [0.29, 0.717) is 24.4 Å². The van der Waals surface area contributed by atoms with Gasteiger partial charge in [0.2, 0.25) is 11.8 Å². The summed E-state index contributed by atoms with van der Waals surface area (Å²) < 4.78 is 34.4. The minimum atomic E-state index is -4.10. The first-order chi connectivity index (χ1) is 19.6. The molecule has 0 unspecified atom stereocenters. The van der Waals surface area contributed by atoms with Gasteiger partial charge in [-0.15, -0.1) is 0 Å². The Balaban J connectivity index is 2.06. The summed E-state index contributed by atoms with van der Waals surface area (Å²) in [5.41, 5.74) is 2.90. The van der Waals surface area contributed by atoms with Crippen LogP contribution < -0.4 is 14.4 Å². The van der Waals surface area contributed by atoms with Gasteiger partial charge in [0.05, 0.1) is 17.7 Å². The highest BCUT2D eigenvalue weighted by molar-refractivity contribution is 7.92. The summed E-state index contributed by atoms with van der Waals surface area (Å²) in [6, 6.07) is 20.0. The van der Waals surface area contributed by atoms with Crippen LogP contribution in [-0.4, -0.2) is 51.4 Å². The van der Waals surface area contributed by atoms with Crippen LogP contribution in [0.25, 0.3) is 0 Å². The first-order valence-electron chi connectivity index (χ1n) is 14.0. The van der Waals surface area contributed by atoms with E-state index >= 15 is 0 Å². The number of methoxy groups -OCH3 is 1. The number of sulfonamides is 1. The number of nitrogens with one attached hydrogen (secondary N) is 1. The van der Waals surface area contributed by atoms with Crippen molar-refractivity contribution >= 4 is 27.5 Å². The van der Waals surface area contributed by atoms with E-state index in [1.54, 1.807) is 43.5 Å². The summed E-state index contributed by atoms with van der Waals surface area (Å²) in [5, 5.41) is 2.94. The van der Waals surface area contributed by atoms with E-state index in [1.807, 2.05) is 52.0 Å². The van der Waals surface area contributed by atoms with Gasteiger partial charge in [-0.25, -0.2) is 8.42 Å². The molecule has 3 aromatic rings. The van der Waals surface area contributed by atoms with Gasteiger partial charge in [-0.05, 0) is 79.8 Å². The zero-order valence-corrected chi connectivity index (χ0v) is 25.4. The Labute approximate surface area is 244 Å². The van der Waals surface area contributed by atoms with Gasteiger partial charge >= 0.3 is 0 Å². The summed E-state index contributed by atoms with van der Waals surface area (Å²) in [5.74, 6) is -0.121. The van der Waals surface area contributed by atoms with Crippen LogP contribution in [0.3, 0.4) is 0 Å². The number of carbonyl (C=O) groups excluding carboxylic acids is 2. The molecule has 8 nitrogen and oxygen atoms in total. The van der Waals surface area contributed by atoms with E-state index in [-0.39, 0.29) is 17.3 Å². The highest BCUT2D eigenvalue weighted by atomic mass is 32.2.